The van der Waals surface area contributed by atoms with Crippen molar-refractivity contribution in [3.8, 4) is 0 Å². The Morgan fingerprint density at radius 3 is 2.31 bits per heavy atom. The molecule has 2 N–H and O–H groups in total. The molecule has 0 bridgehead atoms. The average Bonchev–Trinajstić information content (AvgIpc) is 2.29. The maximum atomic E-state index is 11.4. The van der Waals surface area contributed by atoms with Gasteiger partial charge in [-0.15, -0.1) is 0 Å². The highest BCUT2D eigenvalue weighted by molar-refractivity contribution is 6.34. The highest BCUT2D eigenvalue weighted by Crippen LogP contribution is 1.94. The lowest BCUT2D eigenvalue weighted by atomic mass is 10.4. The molecule has 0 aromatic carbocycles. The van der Waals surface area contributed by atoms with Crippen LogP contribution in [0.15, 0.2) is 0 Å². The second kappa shape index (κ2) is 6.44. The number of hydrogen-bond donors (Lipinski definition) is 2. The monoisotopic (exact) mass is 228 g/mol. The maximum Gasteiger partial charge on any atom is 0.323 e. The van der Waals surface area contributed by atoms with Crippen LogP contribution >= 0.6 is 0 Å². The lowest BCUT2D eigenvalue weighted by Gasteiger charge is -2.32. The molecule has 1 aliphatic heterocycles. The van der Waals surface area contributed by atoms with Crippen molar-refractivity contribution in [2.75, 3.05) is 39.8 Å². The second-order valence-electron chi connectivity index (χ2n) is 3.99. The van der Waals surface area contributed by atoms with E-state index >= 15 is 0 Å². The minimum absolute atomic E-state index is 0.537. The summed E-state index contributed by atoms with van der Waals surface area (Å²) in [5.41, 5.74) is 2.60. The Balaban J connectivity index is 2.25. The van der Waals surface area contributed by atoms with Crippen molar-refractivity contribution in [3.63, 3.8) is 0 Å². The molecule has 0 unspecified atom stereocenters. The van der Waals surface area contributed by atoms with Gasteiger partial charge in [0.2, 0.25) is 0 Å². The Kier molecular flexibility index (Phi) is 5.21. The fourth-order valence-corrected chi connectivity index (χ4v) is 1.43. The number of hydrazine groups is 1. The summed E-state index contributed by atoms with van der Waals surface area (Å²) in [6, 6.07) is 0. The van der Waals surface area contributed by atoms with E-state index in [-0.39, 0.29) is 0 Å². The molecule has 16 heavy (non-hydrogen) atoms. The van der Waals surface area contributed by atoms with E-state index in [1.165, 1.54) is 0 Å². The molecular weight excluding hydrogens is 208 g/mol. The second-order valence-corrected chi connectivity index (χ2v) is 3.99. The maximum absolute atomic E-state index is 11.4. The summed E-state index contributed by atoms with van der Waals surface area (Å²) >= 11 is 0. The van der Waals surface area contributed by atoms with Crippen LogP contribution in [0, 0.1) is 0 Å². The van der Waals surface area contributed by atoms with Gasteiger partial charge in [-0.3, -0.25) is 15.0 Å². The summed E-state index contributed by atoms with van der Waals surface area (Å²) in [4.78, 5) is 24.9. The van der Waals surface area contributed by atoms with Crippen LogP contribution in [0.2, 0.25) is 0 Å². The molecule has 0 aliphatic carbocycles. The number of carbonyl (C=O) groups excluding carboxylic acids is 2. The number of carbonyl (C=O) groups is 2. The van der Waals surface area contributed by atoms with Crippen LogP contribution in [0.1, 0.15) is 13.3 Å². The summed E-state index contributed by atoms with van der Waals surface area (Å²) in [6.07, 6.45) is 0.827. The largest absolute Gasteiger partial charge is 0.348 e. The summed E-state index contributed by atoms with van der Waals surface area (Å²) in [5, 5.41) is 4.33. The molecule has 6 heteroatoms. The highest BCUT2D eigenvalue weighted by atomic mass is 16.2. The molecule has 1 fully saturated rings. The lowest BCUT2D eigenvalue weighted by Crippen LogP contribution is -2.55. The van der Waals surface area contributed by atoms with E-state index < -0.39 is 11.8 Å². The van der Waals surface area contributed by atoms with Gasteiger partial charge in [-0.25, -0.2) is 5.01 Å². The SMILES string of the molecule is CCCNC(=O)C(=O)NN1CCN(C)CC1. The molecular formula is C10H20N4O2. The molecule has 0 radical (unpaired) electrons. The molecule has 0 saturated carbocycles. The van der Waals surface area contributed by atoms with Gasteiger partial charge in [0, 0.05) is 32.7 Å². The number of hydrogen-bond acceptors (Lipinski definition) is 4. The van der Waals surface area contributed by atoms with Crippen LogP contribution in [-0.2, 0) is 9.59 Å². The topological polar surface area (TPSA) is 64.7 Å². The van der Waals surface area contributed by atoms with E-state index in [9.17, 15) is 9.59 Å². The number of nitrogens with zero attached hydrogens (tertiary/aromatic N) is 2. The van der Waals surface area contributed by atoms with Crippen molar-refractivity contribution in [2.24, 2.45) is 0 Å². The third-order valence-electron chi connectivity index (χ3n) is 2.50. The summed E-state index contributed by atoms with van der Waals surface area (Å²) < 4.78 is 0. The lowest BCUT2D eigenvalue weighted by molar-refractivity contribution is -0.142. The van der Waals surface area contributed by atoms with Gasteiger partial charge < -0.3 is 10.2 Å². The third kappa shape index (κ3) is 4.16. The molecule has 92 valence electrons. The average molecular weight is 228 g/mol. The van der Waals surface area contributed by atoms with Gasteiger partial charge in [0.05, 0.1) is 0 Å². The highest BCUT2D eigenvalue weighted by Gasteiger charge is 2.19. The molecule has 1 saturated heterocycles. The molecule has 1 rings (SSSR count). The smallest absolute Gasteiger partial charge is 0.323 e. The molecule has 0 aromatic heterocycles. The first-order valence-corrected chi connectivity index (χ1v) is 5.65. The Bertz CT molecular complexity index is 249. The fourth-order valence-electron chi connectivity index (χ4n) is 1.43. The molecule has 2 amide bonds. The zero-order valence-corrected chi connectivity index (χ0v) is 9.95. The Morgan fingerprint density at radius 1 is 1.12 bits per heavy atom. The van der Waals surface area contributed by atoms with Crippen molar-refractivity contribution < 1.29 is 9.59 Å². The third-order valence-corrected chi connectivity index (χ3v) is 2.50. The molecule has 0 aromatic rings. The summed E-state index contributed by atoms with van der Waals surface area (Å²) in [5.74, 6) is -1.13. The van der Waals surface area contributed by atoms with Crippen LogP contribution < -0.4 is 10.7 Å². The van der Waals surface area contributed by atoms with E-state index in [2.05, 4.69) is 15.6 Å². The normalized spacial score (nSPS) is 18.1. The number of amides is 2. The van der Waals surface area contributed by atoms with E-state index in [0.29, 0.717) is 6.54 Å². The fraction of sp³-hybridized carbons (Fsp3) is 0.800. The van der Waals surface area contributed by atoms with Crippen LogP contribution in [-0.4, -0.2) is 61.5 Å². The van der Waals surface area contributed by atoms with Gasteiger partial charge in [0.15, 0.2) is 0 Å². The van der Waals surface area contributed by atoms with Gasteiger partial charge in [0.1, 0.15) is 0 Å². The summed E-state index contributed by atoms with van der Waals surface area (Å²) in [6.45, 7) is 5.79. The molecule has 6 nitrogen and oxygen atoms in total. The van der Waals surface area contributed by atoms with Gasteiger partial charge in [-0.1, -0.05) is 6.92 Å². The molecule has 0 spiro atoms. The summed E-state index contributed by atoms with van der Waals surface area (Å²) in [7, 11) is 2.03. The predicted octanol–water partition coefficient (Wildman–Crippen LogP) is -1.21. The predicted molar refractivity (Wildman–Crippen MR) is 60.5 cm³/mol. The van der Waals surface area contributed by atoms with Crippen molar-refractivity contribution in [3.05, 3.63) is 0 Å². The Hall–Kier alpha value is -1.14. The Morgan fingerprint density at radius 2 is 1.75 bits per heavy atom. The number of piperazine rings is 1. The van der Waals surface area contributed by atoms with Crippen molar-refractivity contribution >= 4 is 11.8 Å². The minimum Gasteiger partial charge on any atom is -0.348 e. The first-order valence-electron chi connectivity index (χ1n) is 5.65. The van der Waals surface area contributed by atoms with Crippen LogP contribution in [0.5, 0.6) is 0 Å². The van der Waals surface area contributed by atoms with Crippen molar-refractivity contribution in [1.29, 1.82) is 0 Å². The first kappa shape index (κ1) is 12.9. The number of rotatable bonds is 3. The van der Waals surface area contributed by atoms with Crippen LogP contribution in [0.4, 0.5) is 0 Å². The minimum atomic E-state index is -0.571. The number of likely N-dealkylation sites (N-methyl/N-ethyl adjacent to an activating group) is 1. The van der Waals surface area contributed by atoms with E-state index in [4.69, 9.17) is 0 Å². The van der Waals surface area contributed by atoms with Crippen LogP contribution in [0.3, 0.4) is 0 Å². The number of nitrogens with one attached hydrogen (secondary N) is 2. The van der Waals surface area contributed by atoms with Crippen LogP contribution in [0.25, 0.3) is 0 Å². The van der Waals surface area contributed by atoms with Crippen molar-refractivity contribution in [1.82, 2.24) is 20.7 Å². The van der Waals surface area contributed by atoms with Gasteiger partial charge in [-0.2, -0.15) is 0 Å². The van der Waals surface area contributed by atoms with Crippen molar-refractivity contribution in [2.45, 2.75) is 13.3 Å². The van der Waals surface area contributed by atoms with Gasteiger partial charge >= 0.3 is 11.8 Å². The standard InChI is InChI=1S/C10H20N4O2/c1-3-4-11-9(15)10(16)12-14-7-5-13(2)6-8-14/h3-8H2,1-2H3,(H,11,15)(H,12,16). The van der Waals surface area contributed by atoms with Gasteiger partial charge in [-0.05, 0) is 13.5 Å². The van der Waals surface area contributed by atoms with E-state index in [1.807, 2.05) is 14.0 Å². The zero-order chi connectivity index (χ0) is 12.0. The molecule has 0 atom stereocenters. The molecule has 1 heterocycles. The van der Waals surface area contributed by atoms with Gasteiger partial charge in [0.25, 0.3) is 0 Å². The first-order chi connectivity index (χ1) is 7.63. The van der Waals surface area contributed by atoms with E-state index in [0.717, 1.165) is 32.6 Å². The molecule has 1 aliphatic rings. The Labute approximate surface area is 95.9 Å². The zero-order valence-electron chi connectivity index (χ0n) is 9.95. The van der Waals surface area contributed by atoms with E-state index in [1.54, 1.807) is 5.01 Å². The quantitative estimate of drug-likeness (QED) is 0.595.